The molecule has 5 nitrogen and oxygen atoms in total. The van der Waals surface area contributed by atoms with E-state index < -0.39 is 18.2 Å². The van der Waals surface area contributed by atoms with Gasteiger partial charge in [-0.25, -0.2) is 0 Å². The van der Waals surface area contributed by atoms with Gasteiger partial charge in [0.05, 0.1) is 18.8 Å². The predicted octanol–water partition coefficient (Wildman–Crippen LogP) is 16.7. The highest BCUT2D eigenvalue weighted by Crippen LogP contribution is 2.18. The Balaban J connectivity index is 3.50. The lowest BCUT2D eigenvalue weighted by atomic mass is 9.99. The van der Waals surface area contributed by atoms with Crippen molar-refractivity contribution in [3.8, 4) is 0 Å². The van der Waals surface area contributed by atoms with E-state index in [4.69, 9.17) is 0 Å². The smallest absolute Gasteiger partial charge is 0.220 e. The standard InChI is InChI=1S/C55H109NO4/c1-3-5-7-9-11-13-15-17-19-21-22-23-24-25-26-27-28-29-30-31-32-34-36-38-40-42-44-46-48-50-54(59)56-52(51-57)55(60)53(58)49-47-45-43-41-39-37-35-33-20-18-16-14-12-10-8-6-4-2/h25-26,52-53,55,57-58,60H,3-24,27-51H2,1-2H3,(H,56,59)/b26-25-. The molecular weight excluding hydrogens is 739 g/mol. The third kappa shape index (κ3) is 45.1. The van der Waals surface area contributed by atoms with Gasteiger partial charge in [0.15, 0.2) is 0 Å². The Bertz CT molecular complexity index is 848. The average Bonchev–Trinajstić information content (AvgIpc) is 3.25. The minimum Gasteiger partial charge on any atom is -0.394 e. The van der Waals surface area contributed by atoms with Crippen molar-refractivity contribution in [1.82, 2.24) is 5.32 Å². The molecule has 0 aliphatic rings. The van der Waals surface area contributed by atoms with Crippen molar-refractivity contribution in [2.24, 2.45) is 0 Å². The molecular formula is C55H109NO4. The van der Waals surface area contributed by atoms with Gasteiger partial charge in [-0.05, 0) is 38.5 Å². The van der Waals surface area contributed by atoms with Crippen LogP contribution >= 0.6 is 0 Å². The van der Waals surface area contributed by atoms with Crippen LogP contribution in [-0.4, -0.2) is 46.1 Å². The molecule has 0 saturated carbocycles. The lowest BCUT2D eigenvalue weighted by Crippen LogP contribution is -2.50. The number of carbonyl (C=O) groups excluding carboxylic acids is 1. The Morgan fingerprint density at radius 2 is 0.667 bits per heavy atom. The van der Waals surface area contributed by atoms with E-state index in [1.54, 1.807) is 0 Å². The molecule has 0 bridgehead atoms. The molecule has 3 unspecified atom stereocenters. The second-order valence-electron chi connectivity index (χ2n) is 19.1. The molecule has 1 amide bonds. The first kappa shape index (κ1) is 59.1. The van der Waals surface area contributed by atoms with Crippen LogP contribution in [0.1, 0.15) is 309 Å². The van der Waals surface area contributed by atoms with Crippen molar-refractivity contribution < 1.29 is 20.1 Å². The lowest BCUT2D eigenvalue weighted by molar-refractivity contribution is -0.124. The zero-order chi connectivity index (χ0) is 43.7. The Morgan fingerprint density at radius 1 is 0.400 bits per heavy atom. The fourth-order valence-corrected chi connectivity index (χ4v) is 8.87. The molecule has 0 aliphatic heterocycles. The molecule has 0 spiro atoms. The highest BCUT2D eigenvalue weighted by atomic mass is 16.3. The molecule has 0 fully saturated rings. The van der Waals surface area contributed by atoms with Crippen molar-refractivity contribution in [2.45, 2.75) is 327 Å². The van der Waals surface area contributed by atoms with Crippen LogP contribution in [0.25, 0.3) is 0 Å². The predicted molar refractivity (Wildman–Crippen MR) is 264 cm³/mol. The largest absolute Gasteiger partial charge is 0.394 e. The fraction of sp³-hybridized carbons (Fsp3) is 0.945. The maximum absolute atomic E-state index is 12.5. The third-order valence-corrected chi connectivity index (χ3v) is 13.1. The van der Waals surface area contributed by atoms with Gasteiger partial charge in [-0.3, -0.25) is 4.79 Å². The van der Waals surface area contributed by atoms with E-state index in [1.807, 2.05) is 0 Å². The maximum atomic E-state index is 12.5. The van der Waals surface area contributed by atoms with E-state index in [9.17, 15) is 20.1 Å². The van der Waals surface area contributed by atoms with E-state index in [2.05, 4.69) is 31.3 Å². The minimum absolute atomic E-state index is 0.139. The Morgan fingerprint density at radius 3 is 0.967 bits per heavy atom. The normalized spacial score (nSPS) is 13.3. The number of amides is 1. The maximum Gasteiger partial charge on any atom is 0.220 e. The summed E-state index contributed by atoms with van der Waals surface area (Å²) >= 11 is 0. The molecule has 60 heavy (non-hydrogen) atoms. The van der Waals surface area contributed by atoms with Gasteiger partial charge in [-0.15, -0.1) is 0 Å². The molecule has 0 aromatic carbocycles. The zero-order valence-corrected chi connectivity index (χ0v) is 40.9. The molecule has 3 atom stereocenters. The Hall–Kier alpha value is -0.910. The molecule has 0 aliphatic carbocycles. The van der Waals surface area contributed by atoms with Crippen molar-refractivity contribution in [3.05, 3.63) is 12.2 Å². The summed E-state index contributed by atoms with van der Waals surface area (Å²) < 4.78 is 0. The number of hydrogen-bond acceptors (Lipinski definition) is 4. The van der Waals surface area contributed by atoms with Crippen LogP contribution in [0.2, 0.25) is 0 Å². The number of carbonyl (C=O) groups is 1. The van der Waals surface area contributed by atoms with Gasteiger partial charge in [-0.1, -0.05) is 276 Å². The molecule has 0 aromatic heterocycles. The lowest BCUT2D eigenvalue weighted by Gasteiger charge is -2.26. The Labute approximate surface area is 376 Å². The van der Waals surface area contributed by atoms with Crippen LogP contribution < -0.4 is 5.32 Å². The molecule has 0 radical (unpaired) electrons. The second-order valence-corrected chi connectivity index (χ2v) is 19.1. The number of aliphatic hydroxyl groups is 3. The molecule has 0 aromatic rings. The molecule has 5 heteroatoms. The second kappa shape index (κ2) is 50.7. The summed E-state index contributed by atoms with van der Waals surface area (Å²) in [6, 6.07) is -0.806. The third-order valence-electron chi connectivity index (χ3n) is 13.1. The SMILES string of the molecule is CCCCCCCCCCCCCC/C=C\CCCCCCCCCCCCCCCC(=O)NC(CO)C(O)C(O)CCCCCCCCCCCCCCCCCCC. The number of hydrogen-bond donors (Lipinski definition) is 4. The van der Waals surface area contributed by atoms with Gasteiger partial charge in [-0.2, -0.15) is 0 Å². The number of allylic oxidation sites excluding steroid dienone is 2. The van der Waals surface area contributed by atoms with Gasteiger partial charge in [0, 0.05) is 6.42 Å². The van der Waals surface area contributed by atoms with Gasteiger partial charge < -0.3 is 20.6 Å². The van der Waals surface area contributed by atoms with Crippen molar-refractivity contribution in [3.63, 3.8) is 0 Å². The number of aliphatic hydroxyl groups excluding tert-OH is 3. The van der Waals surface area contributed by atoms with Crippen molar-refractivity contribution in [1.29, 1.82) is 0 Å². The molecule has 4 N–H and O–H groups in total. The van der Waals surface area contributed by atoms with Gasteiger partial charge in [0.1, 0.15) is 6.10 Å². The number of unbranched alkanes of at least 4 members (excludes halogenated alkanes) is 41. The minimum atomic E-state index is -1.13. The first-order valence-electron chi connectivity index (χ1n) is 27.5. The van der Waals surface area contributed by atoms with E-state index in [-0.39, 0.29) is 12.5 Å². The van der Waals surface area contributed by atoms with E-state index in [0.29, 0.717) is 12.8 Å². The van der Waals surface area contributed by atoms with E-state index in [1.165, 1.54) is 250 Å². The van der Waals surface area contributed by atoms with Gasteiger partial charge in [0.2, 0.25) is 5.91 Å². The summed E-state index contributed by atoms with van der Waals surface area (Å²) in [5, 5.41) is 33.7. The number of rotatable bonds is 51. The van der Waals surface area contributed by atoms with Crippen LogP contribution in [0.3, 0.4) is 0 Å². The quantitative estimate of drug-likeness (QED) is 0.0363. The molecule has 0 saturated heterocycles. The van der Waals surface area contributed by atoms with Crippen LogP contribution in [0, 0.1) is 0 Å². The summed E-state index contributed by atoms with van der Waals surface area (Å²) in [4.78, 5) is 12.5. The molecule has 0 heterocycles. The van der Waals surface area contributed by atoms with Gasteiger partial charge in [0.25, 0.3) is 0 Å². The van der Waals surface area contributed by atoms with Crippen LogP contribution in [0.4, 0.5) is 0 Å². The summed E-state index contributed by atoms with van der Waals surface area (Å²) in [6.45, 7) is 4.21. The van der Waals surface area contributed by atoms with Crippen LogP contribution in [0.5, 0.6) is 0 Å². The van der Waals surface area contributed by atoms with Crippen LogP contribution in [0.15, 0.2) is 12.2 Å². The number of nitrogens with one attached hydrogen (secondary N) is 1. The monoisotopic (exact) mass is 848 g/mol. The first-order valence-corrected chi connectivity index (χ1v) is 27.5. The van der Waals surface area contributed by atoms with Crippen molar-refractivity contribution >= 4 is 5.91 Å². The topological polar surface area (TPSA) is 89.8 Å². The molecule has 0 rings (SSSR count). The van der Waals surface area contributed by atoms with Gasteiger partial charge >= 0.3 is 0 Å². The zero-order valence-electron chi connectivity index (χ0n) is 40.9. The van der Waals surface area contributed by atoms with E-state index >= 15 is 0 Å². The highest BCUT2D eigenvalue weighted by molar-refractivity contribution is 5.76. The average molecular weight is 848 g/mol. The van der Waals surface area contributed by atoms with E-state index in [0.717, 1.165) is 32.1 Å². The first-order chi connectivity index (χ1) is 29.6. The summed E-state index contributed by atoms with van der Waals surface area (Å²) in [5.41, 5.74) is 0. The molecule has 358 valence electrons. The van der Waals surface area contributed by atoms with Crippen molar-refractivity contribution in [2.75, 3.05) is 6.61 Å². The van der Waals surface area contributed by atoms with Crippen LogP contribution in [-0.2, 0) is 4.79 Å². The highest BCUT2D eigenvalue weighted by Gasteiger charge is 2.26. The summed E-state index contributed by atoms with van der Waals surface area (Å²) in [6.07, 6.45) is 62.2. The Kier molecular flexibility index (Phi) is 50.0. The summed E-state index contributed by atoms with van der Waals surface area (Å²) in [5.74, 6) is -0.139. The fourth-order valence-electron chi connectivity index (χ4n) is 8.87. The summed E-state index contributed by atoms with van der Waals surface area (Å²) in [7, 11) is 0.